The number of ketones is 4. The molecule has 0 unspecified atom stereocenters. The van der Waals surface area contributed by atoms with Gasteiger partial charge in [-0.05, 0) is 68.1 Å². The van der Waals surface area contributed by atoms with Crippen LogP contribution in [0.4, 0.5) is 0 Å². The summed E-state index contributed by atoms with van der Waals surface area (Å²) >= 11 is 0. The summed E-state index contributed by atoms with van der Waals surface area (Å²) in [6, 6.07) is 2.09. The van der Waals surface area contributed by atoms with E-state index in [4.69, 9.17) is 17.2 Å². The molecule has 0 radical (unpaired) electrons. The van der Waals surface area contributed by atoms with Crippen molar-refractivity contribution in [3.8, 4) is 5.75 Å². The Balaban J connectivity index is 2.06. The van der Waals surface area contributed by atoms with Gasteiger partial charge in [0.15, 0.2) is 23.1 Å². The zero-order valence-electron chi connectivity index (χ0n) is 40.1. The van der Waals surface area contributed by atoms with Gasteiger partial charge in [0, 0.05) is 68.7 Å². The summed E-state index contributed by atoms with van der Waals surface area (Å²) in [4.78, 5) is 162. The third-order valence-electron chi connectivity index (χ3n) is 12.7. The Hall–Kier alpha value is -6.54. The van der Waals surface area contributed by atoms with Crippen molar-refractivity contribution >= 4 is 70.4 Å². The topological polar surface area (TPSA) is 354 Å². The van der Waals surface area contributed by atoms with Crippen LogP contribution in [0, 0.1) is 35.5 Å². The van der Waals surface area contributed by atoms with E-state index in [1.165, 1.54) is 17.0 Å². The molecule has 0 bridgehead atoms. The number of Topliss-reactive ketones (excluding diaryl/α,β-unsaturated/α-hetero) is 4. The number of amides is 8. The van der Waals surface area contributed by atoms with Gasteiger partial charge in [-0.2, -0.15) is 0 Å². The summed E-state index contributed by atoms with van der Waals surface area (Å²) in [5.41, 5.74) is 16.8. The number of likely N-dealkylation sites (tertiary alicyclic amines) is 1. The molecule has 2 aliphatic heterocycles. The number of rotatable bonds is 18. The number of hydrogen-bond donors (Lipinski definition) is 8. The molecule has 2 fully saturated rings. The number of carbonyl (C=O) groups excluding carboxylic acids is 12. The Labute approximate surface area is 401 Å². The summed E-state index contributed by atoms with van der Waals surface area (Å²) in [6.07, 6.45) is -2.67. The molecule has 69 heavy (non-hydrogen) atoms. The van der Waals surface area contributed by atoms with E-state index >= 15 is 0 Å². The molecule has 0 spiro atoms. The molecule has 8 amide bonds. The Morgan fingerprint density at radius 1 is 0.826 bits per heavy atom. The smallest absolute Gasteiger partial charge is 0.236 e. The van der Waals surface area contributed by atoms with Crippen molar-refractivity contribution < 1.29 is 62.6 Å². The molecule has 380 valence electrons. The second-order valence-corrected chi connectivity index (χ2v) is 18.8. The summed E-state index contributed by atoms with van der Waals surface area (Å²) in [6.45, 7) is 6.30. The molecule has 1 aromatic carbocycles. The number of nitrogens with zero attached hydrogens (tertiary/aromatic N) is 1. The first-order valence-electron chi connectivity index (χ1n) is 23.7. The summed E-state index contributed by atoms with van der Waals surface area (Å²) in [5, 5.41) is 20.1. The van der Waals surface area contributed by atoms with Crippen LogP contribution in [0.5, 0.6) is 5.75 Å². The average molecular weight is 967 g/mol. The fourth-order valence-corrected chi connectivity index (χ4v) is 8.75. The monoisotopic (exact) mass is 967 g/mol. The molecular formula is C48H70N8O13. The minimum atomic E-state index is -1.65. The largest absolute Gasteiger partial charge is 0.508 e. The van der Waals surface area contributed by atoms with Crippen molar-refractivity contribution in [2.45, 2.75) is 136 Å². The predicted molar refractivity (Wildman–Crippen MR) is 248 cm³/mol. The van der Waals surface area contributed by atoms with Crippen LogP contribution in [-0.4, -0.2) is 118 Å². The molecule has 21 heteroatoms. The fourth-order valence-electron chi connectivity index (χ4n) is 8.75. The first-order valence-corrected chi connectivity index (χ1v) is 23.7. The van der Waals surface area contributed by atoms with Crippen molar-refractivity contribution in [3.63, 3.8) is 0 Å². The number of nitrogens with two attached hydrogens (primary N) is 3. The number of aromatic hydroxyl groups is 1. The molecule has 11 N–H and O–H groups in total. The van der Waals surface area contributed by atoms with Crippen LogP contribution in [0.15, 0.2) is 24.3 Å². The molecule has 0 aromatic heterocycles. The van der Waals surface area contributed by atoms with Gasteiger partial charge in [-0.25, -0.2) is 0 Å². The first-order chi connectivity index (χ1) is 32.5. The fraction of sp³-hybridized carbons (Fsp3) is 0.625. The Morgan fingerprint density at radius 2 is 1.49 bits per heavy atom. The second kappa shape index (κ2) is 27.5. The number of hydrogen-bond acceptors (Lipinski definition) is 13. The highest BCUT2D eigenvalue weighted by Gasteiger charge is 2.41. The van der Waals surface area contributed by atoms with Gasteiger partial charge in [-0.1, -0.05) is 46.2 Å². The van der Waals surface area contributed by atoms with Crippen molar-refractivity contribution in [2.75, 3.05) is 19.6 Å². The van der Waals surface area contributed by atoms with Gasteiger partial charge >= 0.3 is 0 Å². The molecule has 21 nitrogen and oxygen atoms in total. The van der Waals surface area contributed by atoms with Crippen molar-refractivity contribution in [1.29, 1.82) is 0 Å². The zero-order chi connectivity index (χ0) is 51.5. The molecule has 8 atom stereocenters. The minimum Gasteiger partial charge on any atom is -0.508 e. The number of nitrogens with one attached hydrogen (secondary N) is 4. The summed E-state index contributed by atoms with van der Waals surface area (Å²) in [7, 11) is 0. The van der Waals surface area contributed by atoms with E-state index in [1.54, 1.807) is 26.0 Å². The van der Waals surface area contributed by atoms with Crippen LogP contribution >= 0.6 is 0 Å². The molecule has 0 saturated carbocycles. The molecule has 3 rings (SSSR count). The normalized spacial score (nSPS) is 23.5. The lowest BCUT2D eigenvalue weighted by Crippen LogP contribution is -2.51. The summed E-state index contributed by atoms with van der Waals surface area (Å²) in [5.74, 6) is -13.7. The van der Waals surface area contributed by atoms with Crippen LogP contribution in [0.2, 0.25) is 0 Å². The molecule has 2 saturated heterocycles. The third-order valence-corrected chi connectivity index (χ3v) is 12.7. The van der Waals surface area contributed by atoms with Gasteiger partial charge in [0.1, 0.15) is 5.75 Å². The quantitative estimate of drug-likeness (QED) is 0.0958. The highest BCUT2D eigenvalue weighted by molar-refractivity contribution is 5.99. The lowest BCUT2D eigenvalue weighted by atomic mass is 9.86. The van der Waals surface area contributed by atoms with Crippen LogP contribution < -0.4 is 38.5 Å². The van der Waals surface area contributed by atoms with Gasteiger partial charge in [0.2, 0.25) is 47.3 Å². The standard InChI is InChI=1S/C48H70N8O13/c1-5-27(4)44-39(61)20-29(10-14-40(49)62)46(67)54-35(23-41(50)63)37(59)21-30(11-15-43(65)52-24-34(58)19-32(47(68)55-44)18-28-8-12-33(57)13-9-28)48(69)56-16-6-7-36(56)38(60)22-31(17-26(2)3)45(66)53-25-42(51)64/h8-9,12-13,26-27,29-32,35-36,44,57H,5-7,10-11,14-25H2,1-4H3,(H2,49,62)(H2,50,63)(H2,51,64)(H,52,65)(H,53,66)(H,54,67)(H,55,68)/t27-,29+,30-,31+,32+,35-,36-,44-/m0/s1. The van der Waals surface area contributed by atoms with Crippen LogP contribution in [0.1, 0.15) is 117 Å². The Morgan fingerprint density at radius 3 is 2.10 bits per heavy atom. The Kier molecular flexibility index (Phi) is 22.6. The van der Waals surface area contributed by atoms with Crippen molar-refractivity contribution in [1.82, 2.24) is 26.2 Å². The number of primary amides is 3. The van der Waals surface area contributed by atoms with E-state index in [1.807, 2.05) is 13.8 Å². The van der Waals surface area contributed by atoms with Crippen LogP contribution in [0.3, 0.4) is 0 Å². The third kappa shape index (κ3) is 18.8. The minimum absolute atomic E-state index is 0.00317. The number of phenolic OH excluding ortho intramolecular Hbond substituents is 1. The van der Waals surface area contributed by atoms with E-state index < -0.39 is 157 Å². The van der Waals surface area contributed by atoms with E-state index in [-0.39, 0.29) is 69.6 Å². The van der Waals surface area contributed by atoms with Gasteiger partial charge < -0.3 is 48.5 Å². The van der Waals surface area contributed by atoms with Gasteiger partial charge in [-0.15, -0.1) is 0 Å². The molecule has 2 heterocycles. The first kappa shape index (κ1) is 56.8. The predicted octanol–water partition coefficient (Wildman–Crippen LogP) is -0.0585. The number of carbonyl (C=O) groups is 12. The van der Waals surface area contributed by atoms with Crippen LogP contribution in [-0.2, 0) is 64.0 Å². The second-order valence-electron chi connectivity index (χ2n) is 18.8. The SMILES string of the molecule is CC[C@H](C)[C@@H]1NC(=O)[C@H](Cc2ccc(O)cc2)CC(=O)CNC(=O)CC[C@H](C(=O)N2CCC[C@H]2C(=O)C[C@@H](CC(C)C)C(=O)NCC(N)=O)CC(=O)[C@H](CC(N)=O)NC(=O)[C@H](CCC(N)=O)CC1=O. The lowest BCUT2D eigenvalue weighted by Gasteiger charge is -2.30. The molecule has 0 aliphatic carbocycles. The number of benzene rings is 1. The summed E-state index contributed by atoms with van der Waals surface area (Å²) < 4.78 is 0. The highest BCUT2D eigenvalue weighted by Crippen LogP contribution is 2.29. The molecule has 1 aromatic rings. The highest BCUT2D eigenvalue weighted by atomic mass is 16.3. The van der Waals surface area contributed by atoms with Crippen LogP contribution in [0.25, 0.3) is 0 Å². The van der Waals surface area contributed by atoms with Gasteiger partial charge in [0.25, 0.3) is 0 Å². The molecule has 2 aliphatic rings. The van der Waals surface area contributed by atoms with E-state index in [9.17, 15) is 62.6 Å². The van der Waals surface area contributed by atoms with E-state index in [2.05, 4.69) is 21.3 Å². The van der Waals surface area contributed by atoms with Gasteiger partial charge in [-0.3, -0.25) is 57.5 Å². The maximum absolute atomic E-state index is 14.6. The maximum Gasteiger partial charge on any atom is 0.236 e. The van der Waals surface area contributed by atoms with Crippen molar-refractivity contribution in [3.05, 3.63) is 29.8 Å². The average Bonchev–Trinajstić information content (AvgIpc) is 3.78. The number of phenols is 1. The van der Waals surface area contributed by atoms with E-state index in [0.29, 0.717) is 18.4 Å². The Bertz CT molecular complexity index is 2080. The maximum atomic E-state index is 14.6. The lowest BCUT2D eigenvalue weighted by molar-refractivity contribution is -0.144. The molecular weight excluding hydrogens is 897 g/mol. The zero-order valence-corrected chi connectivity index (χ0v) is 40.1. The van der Waals surface area contributed by atoms with Gasteiger partial charge in [0.05, 0.1) is 37.6 Å². The van der Waals surface area contributed by atoms with E-state index in [0.717, 1.165) is 0 Å². The van der Waals surface area contributed by atoms with Crippen molar-refractivity contribution in [2.24, 2.45) is 52.7 Å².